The van der Waals surface area contributed by atoms with Gasteiger partial charge in [-0.1, -0.05) is 24.3 Å². The predicted molar refractivity (Wildman–Crippen MR) is 114 cm³/mol. The van der Waals surface area contributed by atoms with Crippen LogP contribution in [0.25, 0.3) is 0 Å². The van der Waals surface area contributed by atoms with Crippen LogP contribution in [0.15, 0.2) is 61.7 Å². The molecule has 2 rings (SSSR count). The van der Waals surface area contributed by atoms with Gasteiger partial charge in [0.2, 0.25) is 0 Å². The molecule has 0 radical (unpaired) electrons. The molecular weight excluding hydrogens is 352 g/mol. The van der Waals surface area contributed by atoms with Crippen LogP contribution in [0.2, 0.25) is 0 Å². The van der Waals surface area contributed by atoms with E-state index in [1.165, 1.54) is 0 Å². The average molecular weight is 383 g/mol. The molecule has 0 atom stereocenters. The summed E-state index contributed by atoms with van der Waals surface area (Å²) in [4.78, 5) is 0. The van der Waals surface area contributed by atoms with E-state index in [2.05, 4.69) is 13.2 Å². The Morgan fingerprint density at radius 1 is 0.679 bits per heavy atom. The first-order valence-electron chi connectivity index (χ1n) is 9.53. The number of rotatable bonds is 13. The van der Waals surface area contributed by atoms with Crippen molar-refractivity contribution in [3.63, 3.8) is 0 Å². The van der Waals surface area contributed by atoms with Gasteiger partial charge >= 0.3 is 0 Å². The molecule has 0 N–H and O–H groups in total. The Morgan fingerprint density at radius 2 is 1.11 bits per heavy atom. The maximum Gasteiger partial charge on any atom is 0.161 e. The first kappa shape index (κ1) is 21.4. The van der Waals surface area contributed by atoms with Gasteiger partial charge in [0.15, 0.2) is 23.0 Å². The van der Waals surface area contributed by atoms with Crippen LogP contribution in [0.1, 0.15) is 24.0 Å². The van der Waals surface area contributed by atoms with Crippen LogP contribution in [-0.2, 0) is 12.8 Å². The molecule has 0 spiro atoms. The van der Waals surface area contributed by atoms with Crippen molar-refractivity contribution in [1.29, 1.82) is 0 Å². The summed E-state index contributed by atoms with van der Waals surface area (Å²) in [7, 11) is 3.31. The van der Waals surface area contributed by atoms with Crippen molar-refractivity contribution >= 4 is 0 Å². The SMILES string of the molecule is C=CCc1ccc(OCCCCOc2ccc(CC=C)cc2OC)c(OC)c1. The molecule has 0 aliphatic rings. The number of hydrogen-bond donors (Lipinski definition) is 0. The number of benzene rings is 2. The predicted octanol–water partition coefficient (Wildman–Crippen LogP) is 5.40. The minimum absolute atomic E-state index is 0.607. The third-order valence-corrected chi connectivity index (χ3v) is 4.27. The lowest BCUT2D eigenvalue weighted by molar-refractivity contribution is 0.252. The van der Waals surface area contributed by atoms with E-state index >= 15 is 0 Å². The van der Waals surface area contributed by atoms with E-state index in [4.69, 9.17) is 18.9 Å². The molecule has 4 heteroatoms. The molecule has 0 unspecified atom stereocenters. The quantitative estimate of drug-likeness (QED) is 0.343. The highest BCUT2D eigenvalue weighted by Gasteiger charge is 2.07. The van der Waals surface area contributed by atoms with Crippen LogP contribution in [-0.4, -0.2) is 27.4 Å². The van der Waals surface area contributed by atoms with Crippen LogP contribution < -0.4 is 18.9 Å². The third kappa shape index (κ3) is 6.38. The lowest BCUT2D eigenvalue weighted by Gasteiger charge is -2.13. The number of methoxy groups -OCH3 is 2. The molecular formula is C24H30O4. The summed E-state index contributed by atoms with van der Waals surface area (Å²) in [6.07, 6.45) is 7.13. The van der Waals surface area contributed by atoms with Crippen molar-refractivity contribution in [2.45, 2.75) is 25.7 Å². The van der Waals surface area contributed by atoms with Crippen molar-refractivity contribution < 1.29 is 18.9 Å². The molecule has 0 amide bonds. The molecule has 0 saturated carbocycles. The Kier molecular flexibility index (Phi) is 8.99. The van der Waals surface area contributed by atoms with Crippen molar-refractivity contribution in [3.05, 3.63) is 72.8 Å². The second-order valence-corrected chi connectivity index (χ2v) is 6.36. The van der Waals surface area contributed by atoms with Crippen LogP contribution >= 0.6 is 0 Å². The number of hydrogen-bond acceptors (Lipinski definition) is 4. The molecule has 0 fully saturated rings. The minimum atomic E-state index is 0.607. The molecule has 0 aromatic heterocycles. The molecule has 28 heavy (non-hydrogen) atoms. The van der Waals surface area contributed by atoms with Gasteiger partial charge in [-0.2, -0.15) is 0 Å². The van der Waals surface area contributed by atoms with Crippen molar-refractivity contribution in [2.75, 3.05) is 27.4 Å². The molecule has 2 aromatic rings. The van der Waals surface area contributed by atoms with E-state index in [1.54, 1.807) is 14.2 Å². The topological polar surface area (TPSA) is 36.9 Å². The molecule has 4 nitrogen and oxygen atoms in total. The van der Waals surface area contributed by atoms with Crippen molar-refractivity contribution in [1.82, 2.24) is 0 Å². The Balaban J connectivity index is 1.76. The highest BCUT2D eigenvalue weighted by Crippen LogP contribution is 2.29. The van der Waals surface area contributed by atoms with E-state index < -0.39 is 0 Å². The zero-order valence-electron chi connectivity index (χ0n) is 16.9. The summed E-state index contributed by atoms with van der Waals surface area (Å²) >= 11 is 0. The molecule has 0 aliphatic heterocycles. The standard InChI is InChI=1S/C24H30O4/c1-5-9-19-11-13-21(23(17-19)25-3)27-15-7-8-16-28-22-14-12-20(10-6-2)18-24(22)26-4/h5-6,11-14,17-18H,1-2,7-10,15-16H2,3-4H3. The number of unbranched alkanes of at least 4 members (excludes halogenated alkanes) is 1. The van der Waals surface area contributed by atoms with E-state index in [9.17, 15) is 0 Å². The summed E-state index contributed by atoms with van der Waals surface area (Å²) < 4.78 is 22.6. The van der Waals surface area contributed by atoms with E-state index in [0.29, 0.717) is 13.2 Å². The summed E-state index contributed by atoms with van der Waals surface area (Å²) in [5, 5.41) is 0. The Labute approximate surface area is 168 Å². The zero-order chi connectivity index (χ0) is 20.2. The molecule has 0 aliphatic carbocycles. The van der Waals surface area contributed by atoms with Gasteiger partial charge < -0.3 is 18.9 Å². The van der Waals surface area contributed by atoms with Gasteiger partial charge in [-0.25, -0.2) is 0 Å². The second-order valence-electron chi connectivity index (χ2n) is 6.36. The molecule has 0 saturated heterocycles. The Bertz CT molecular complexity index is 702. The van der Waals surface area contributed by atoms with Crippen LogP contribution in [0.4, 0.5) is 0 Å². The van der Waals surface area contributed by atoms with Crippen LogP contribution in [0.5, 0.6) is 23.0 Å². The highest BCUT2D eigenvalue weighted by atomic mass is 16.5. The Hall–Kier alpha value is -2.88. The summed E-state index contributed by atoms with van der Waals surface area (Å²) in [5.74, 6) is 3.02. The van der Waals surface area contributed by atoms with Gasteiger partial charge in [-0.3, -0.25) is 0 Å². The minimum Gasteiger partial charge on any atom is -0.493 e. The molecule has 2 aromatic carbocycles. The van der Waals surface area contributed by atoms with Crippen molar-refractivity contribution in [2.24, 2.45) is 0 Å². The largest absolute Gasteiger partial charge is 0.493 e. The van der Waals surface area contributed by atoms with Gasteiger partial charge in [0.25, 0.3) is 0 Å². The number of allylic oxidation sites excluding steroid dienone is 2. The normalized spacial score (nSPS) is 10.2. The summed E-state index contributed by atoms with van der Waals surface area (Å²) in [6.45, 7) is 8.74. The first-order chi connectivity index (χ1) is 13.7. The second kappa shape index (κ2) is 11.8. The van der Waals surface area contributed by atoms with Crippen LogP contribution in [0, 0.1) is 0 Å². The maximum absolute atomic E-state index is 5.86. The fourth-order valence-corrected chi connectivity index (χ4v) is 2.82. The third-order valence-electron chi connectivity index (χ3n) is 4.27. The lowest BCUT2D eigenvalue weighted by atomic mass is 10.1. The number of ether oxygens (including phenoxy) is 4. The van der Waals surface area contributed by atoms with Gasteiger partial charge in [0, 0.05) is 0 Å². The van der Waals surface area contributed by atoms with Gasteiger partial charge in [0.05, 0.1) is 27.4 Å². The smallest absolute Gasteiger partial charge is 0.161 e. The van der Waals surface area contributed by atoms with Gasteiger partial charge in [-0.15, -0.1) is 13.2 Å². The maximum atomic E-state index is 5.86. The lowest BCUT2D eigenvalue weighted by Crippen LogP contribution is -2.04. The van der Waals surface area contributed by atoms with E-state index in [-0.39, 0.29) is 0 Å². The molecule has 0 heterocycles. The fourth-order valence-electron chi connectivity index (χ4n) is 2.82. The van der Waals surface area contributed by atoms with Gasteiger partial charge in [0.1, 0.15) is 0 Å². The molecule has 0 bridgehead atoms. The first-order valence-corrected chi connectivity index (χ1v) is 9.53. The Morgan fingerprint density at radius 3 is 1.46 bits per heavy atom. The summed E-state index contributed by atoms with van der Waals surface area (Å²) in [6, 6.07) is 11.9. The van der Waals surface area contributed by atoms with E-state index in [1.807, 2.05) is 48.6 Å². The average Bonchev–Trinajstić information content (AvgIpc) is 2.72. The summed E-state index contributed by atoms with van der Waals surface area (Å²) in [5.41, 5.74) is 2.31. The monoisotopic (exact) mass is 382 g/mol. The van der Waals surface area contributed by atoms with Crippen LogP contribution in [0.3, 0.4) is 0 Å². The zero-order valence-corrected chi connectivity index (χ0v) is 16.9. The highest BCUT2D eigenvalue weighted by molar-refractivity contribution is 5.44. The molecule has 150 valence electrons. The van der Waals surface area contributed by atoms with Crippen molar-refractivity contribution in [3.8, 4) is 23.0 Å². The van der Waals surface area contributed by atoms with Gasteiger partial charge in [-0.05, 0) is 61.1 Å². The van der Waals surface area contributed by atoms with E-state index in [0.717, 1.165) is 59.8 Å². The fraction of sp³-hybridized carbons (Fsp3) is 0.333.